The zero-order valence-corrected chi connectivity index (χ0v) is 32.7. The summed E-state index contributed by atoms with van der Waals surface area (Å²) >= 11 is 0. The molecule has 0 aromatic heterocycles. The van der Waals surface area contributed by atoms with Gasteiger partial charge >= 0.3 is 0 Å². The van der Waals surface area contributed by atoms with Crippen molar-refractivity contribution >= 4 is 0 Å². The van der Waals surface area contributed by atoms with Crippen molar-refractivity contribution in [2.45, 2.75) is 184 Å². The first kappa shape index (κ1) is 39.0. The van der Waals surface area contributed by atoms with Crippen LogP contribution in [0.5, 0.6) is 0 Å². The largest absolute Gasteiger partial charge is 0.298 e. The van der Waals surface area contributed by atoms with E-state index < -0.39 is 0 Å². The fraction of sp³-hybridized carbons (Fsp3) is 1.00. The van der Waals surface area contributed by atoms with Crippen molar-refractivity contribution < 1.29 is 0 Å². The molecule has 0 aliphatic carbocycles. The Morgan fingerprint density at radius 3 is 0.930 bits per heavy atom. The van der Waals surface area contributed by atoms with E-state index in [1.807, 2.05) is 0 Å². The third kappa shape index (κ3) is 11.5. The molecule has 5 fully saturated rings. The van der Waals surface area contributed by atoms with Crippen LogP contribution in [0.1, 0.15) is 144 Å². The second-order valence-electron chi connectivity index (χ2n) is 20.3. The molecule has 2 bridgehead atoms. The van der Waals surface area contributed by atoms with Gasteiger partial charge in [0.25, 0.3) is 0 Å². The van der Waals surface area contributed by atoms with E-state index in [1.54, 1.807) is 0 Å². The van der Waals surface area contributed by atoms with Crippen LogP contribution in [-0.2, 0) is 0 Å². The predicted molar refractivity (Wildman–Crippen MR) is 191 cm³/mol. The molecular weight excluding hydrogens is 526 g/mol. The monoisotopic (exact) mass is 606 g/mol. The molecule has 2 atom stereocenters. The number of hydrogen-bond donors (Lipinski definition) is 0. The summed E-state index contributed by atoms with van der Waals surface area (Å²) in [4.78, 5) is 13.1. The van der Waals surface area contributed by atoms with Gasteiger partial charge in [0.05, 0.1) is 0 Å². The minimum absolute atomic E-state index is 0.337. The molecule has 5 nitrogen and oxygen atoms in total. The SMILES string of the molecule is CC(C)(C)C1CCN(C(C)(C)C)CC1.CC(C)(C)N1CC2CC(C1)N2C(C)(C)C.CC(C)(C)N1CCN(C(C)(C)C)CC1. The zero-order valence-electron chi connectivity index (χ0n) is 32.7. The van der Waals surface area contributed by atoms with Crippen molar-refractivity contribution in [1.29, 1.82) is 0 Å². The molecule has 2 unspecified atom stereocenters. The highest BCUT2D eigenvalue weighted by atomic mass is 15.4. The number of fused-ring (bicyclic) bond motifs is 2. The Morgan fingerprint density at radius 2 is 0.674 bits per heavy atom. The molecule has 0 aromatic rings. The van der Waals surface area contributed by atoms with E-state index in [0.717, 1.165) is 18.0 Å². The lowest BCUT2D eigenvalue weighted by Gasteiger charge is -2.63. The van der Waals surface area contributed by atoms with Gasteiger partial charge in [-0.05, 0) is 148 Å². The van der Waals surface area contributed by atoms with Gasteiger partial charge in [0.1, 0.15) is 0 Å². The van der Waals surface area contributed by atoms with Crippen molar-refractivity contribution in [1.82, 2.24) is 24.5 Å². The number of piperidine rings is 2. The van der Waals surface area contributed by atoms with Crippen LogP contribution in [0.25, 0.3) is 0 Å². The maximum atomic E-state index is 2.72. The highest BCUT2D eigenvalue weighted by Gasteiger charge is 2.50. The molecule has 43 heavy (non-hydrogen) atoms. The van der Waals surface area contributed by atoms with E-state index in [-0.39, 0.29) is 0 Å². The highest BCUT2D eigenvalue weighted by Crippen LogP contribution is 2.40. The summed E-state index contributed by atoms with van der Waals surface area (Å²) in [7, 11) is 0. The van der Waals surface area contributed by atoms with Gasteiger partial charge in [-0.15, -0.1) is 0 Å². The minimum Gasteiger partial charge on any atom is -0.298 e. The van der Waals surface area contributed by atoms with Crippen LogP contribution in [0.15, 0.2) is 0 Å². The number of likely N-dealkylation sites (tertiary alicyclic amines) is 1. The maximum absolute atomic E-state index is 2.72. The van der Waals surface area contributed by atoms with Crippen LogP contribution in [0.4, 0.5) is 0 Å². The normalized spacial score (nSPS) is 26.7. The average molecular weight is 606 g/mol. The van der Waals surface area contributed by atoms with E-state index >= 15 is 0 Å². The standard InChI is InChI=1S/C13H26N2.C13H27N.C12H26N2/c1-12(2,3)14-8-10-7-11(9-14)15(10)13(4,5)6;1-12(2,3)11-7-9-14(10-8-11)13(4,5)6;1-11(2,3)13-7-9-14(10-8-13)12(4,5)6/h10-11H,7-9H2,1-6H3;11H,7-10H2,1-6H3;7-10H2,1-6H3. The smallest absolute Gasteiger partial charge is 0.0247 e. The van der Waals surface area contributed by atoms with Gasteiger partial charge in [-0.1, -0.05) is 20.8 Å². The second kappa shape index (κ2) is 13.9. The predicted octanol–water partition coefficient (Wildman–Crippen LogP) is 8.09. The summed E-state index contributed by atoms with van der Waals surface area (Å²) in [5.74, 6) is 0.918. The Balaban J connectivity index is 0.000000225. The highest BCUT2D eigenvalue weighted by molar-refractivity contribution is 5.07. The lowest BCUT2D eigenvalue weighted by atomic mass is 9.75. The molecule has 0 N–H and O–H groups in total. The Labute approximate surface area is 271 Å². The van der Waals surface area contributed by atoms with Crippen LogP contribution in [0, 0.1) is 11.3 Å². The summed E-state index contributed by atoms with van der Waals surface area (Å²) in [5.41, 5.74) is 2.25. The Hall–Kier alpha value is -0.200. The summed E-state index contributed by atoms with van der Waals surface area (Å²) in [6.07, 6.45) is 4.17. The Morgan fingerprint density at radius 1 is 0.372 bits per heavy atom. The van der Waals surface area contributed by atoms with Crippen LogP contribution >= 0.6 is 0 Å². The Kier molecular flexibility index (Phi) is 12.6. The number of piperazine rings is 2. The molecular formula is C38H79N5. The van der Waals surface area contributed by atoms with Gasteiger partial charge in [0.2, 0.25) is 0 Å². The molecule has 5 saturated heterocycles. The van der Waals surface area contributed by atoms with Gasteiger partial charge in [-0.3, -0.25) is 24.5 Å². The molecule has 5 heterocycles. The van der Waals surface area contributed by atoms with Gasteiger partial charge in [-0.25, -0.2) is 0 Å². The van der Waals surface area contributed by atoms with E-state index in [0.29, 0.717) is 33.1 Å². The van der Waals surface area contributed by atoms with Crippen LogP contribution < -0.4 is 0 Å². The summed E-state index contributed by atoms with van der Waals surface area (Å²) in [5, 5.41) is 0. The minimum atomic E-state index is 0.337. The first-order chi connectivity index (χ1) is 19.1. The number of hydrogen-bond acceptors (Lipinski definition) is 5. The summed E-state index contributed by atoms with van der Waals surface area (Å²) in [6.45, 7) is 51.9. The van der Waals surface area contributed by atoms with Crippen molar-refractivity contribution in [3.8, 4) is 0 Å². The molecule has 256 valence electrons. The molecule has 5 aliphatic rings. The molecule has 5 rings (SSSR count). The molecule has 0 saturated carbocycles. The maximum Gasteiger partial charge on any atom is 0.0247 e. The fourth-order valence-electron chi connectivity index (χ4n) is 7.72. The fourth-order valence-corrected chi connectivity index (χ4v) is 7.72. The van der Waals surface area contributed by atoms with Gasteiger partial charge in [-0.2, -0.15) is 0 Å². The molecule has 5 aliphatic heterocycles. The van der Waals surface area contributed by atoms with E-state index in [9.17, 15) is 0 Å². The molecule has 5 heteroatoms. The lowest BCUT2D eigenvalue weighted by molar-refractivity contribution is -0.137. The lowest BCUT2D eigenvalue weighted by Crippen LogP contribution is -2.74. The molecule has 0 radical (unpaired) electrons. The Bertz CT molecular complexity index is 723. The quantitative estimate of drug-likeness (QED) is 0.277. The first-order valence-corrected chi connectivity index (χ1v) is 17.9. The third-order valence-corrected chi connectivity index (χ3v) is 10.8. The van der Waals surface area contributed by atoms with Crippen molar-refractivity contribution in [2.24, 2.45) is 11.3 Å². The molecule has 0 amide bonds. The van der Waals surface area contributed by atoms with Crippen molar-refractivity contribution in [3.05, 3.63) is 0 Å². The van der Waals surface area contributed by atoms with E-state index in [4.69, 9.17) is 0 Å². The van der Waals surface area contributed by atoms with Crippen LogP contribution in [0.2, 0.25) is 0 Å². The van der Waals surface area contributed by atoms with Gasteiger partial charge in [0, 0.05) is 79.0 Å². The van der Waals surface area contributed by atoms with E-state index in [2.05, 4.69) is 149 Å². The zero-order chi connectivity index (χ0) is 33.4. The number of nitrogens with zero attached hydrogens (tertiary/aromatic N) is 5. The topological polar surface area (TPSA) is 16.2 Å². The average Bonchev–Trinajstić information content (AvgIpc) is 2.81. The molecule has 0 spiro atoms. The van der Waals surface area contributed by atoms with Gasteiger partial charge < -0.3 is 0 Å². The summed E-state index contributed by atoms with van der Waals surface area (Å²) < 4.78 is 0. The summed E-state index contributed by atoms with van der Waals surface area (Å²) in [6, 6.07) is 1.62. The van der Waals surface area contributed by atoms with Crippen molar-refractivity contribution in [3.63, 3.8) is 0 Å². The first-order valence-electron chi connectivity index (χ1n) is 17.9. The second-order valence-corrected chi connectivity index (χ2v) is 20.3. The van der Waals surface area contributed by atoms with Crippen molar-refractivity contribution in [2.75, 3.05) is 52.4 Å². The number of rotatable bonds is 0. The third-order valence-electron chi connectivity index (χ3n) is 10.8. The van der Waals surface area contributed by atoms with E-state index in [1.165, 1.54) is 71.6 Å². The molecule has 0 aromatic carbocycles. The van der Waals surface area contributed by atoms with Crippen LogP contribution in [0.3, 0.4) is 0 Å². The van der Waals surface area contributed by atoms with Gasteiger partial charge in [0.15, 0.2) is 0 Å². The van der Waals surface area contributed by atoms with Crippen LogP contribution in [-0.4, -0.2) is 117 Å².